The third-order valence-corrected chi connectivity index (χ3v) is 7.28. The van der Waals surface area contributed by atoms with Crippen LogP contribution in [0.1, 0.15) is 62.0 Å². The summed E-state index contributed by atoms with van der Waals surface area (Å²) in [6.07, 6.45) is 4.51. The van der Waals surface area contributed by atoms with Crippen LogP contribution in [0.2, 0.25) is 0 Å². The van der Waals surface area contributed by atoms with Crippen molar-refractivity contribution in [3.05, 3.63) is 65.6 Å². The number of benzene rings is 1. The van der Waals surface area contributed by atoms with Gasteiger partial charge in [0.15, 0.2) is 5.03 Å². The van der Waals surface area contributed by atoms with Gasteiger partial charge in [-0.25, -0.2) is 19.1 Å². The maximum atomic E-state index is 14.4. The molecule has 0 spiro atoms. The normalized spacial score (nSPS) is 14.3. The predicted octanol–water partition coefficient (Wildman–Crippen LogP) is 5.46. The number of nitrogens with one attached hydrogen (secondary N) is 1. The molecule has 1 fully saturated rings. The Hall–Kier alpha value is -3.53. The van der Waals surface area contributed by atoms with Crippen LogP contribution in [0.4, 0.5) is 4.39 Å². The molecule has 1 saturated carbocycles. The van der Waals surface area contributed by atoms with Gasteiger partial charge in [0, 0.05) is 17.3 Å². The van der Waals surface area contributed by atoms with Gasteiger partial charge < -0.3 is 9.47 Å². The Morgan fingerprint density at radius 1 is 1.08 bits per heavy atom. The van der Waals surface area contributed by atoms with E-state index in [-0.39, 0.29) is 28.5 Å². The molecular weight excluding hydrogens is 509 g/mol. The minimum absolute atomic E-state index is 0.00629. The number of ether oxygens (including phenoxy) is 2. The molecule has 2 aromatic heterocycles. The number of carbonyl (C=O) groups excluding carboxylic acids is 1. The third kappa shape index (κ3) is 7.06. The van der Waals surface area contributed by atoms with E-state index in [0.717, 1.165) is 32.1 Å². The first kappa shape index (κ1) is 27.5. The van der Waals surface area contributed by atoms with Gasteiger partial charge in [-0.15, -0.1) is 0 Å². The number of aromatic nitrogens is 2. The van der Waals surface area contributed by atoms with Crippen molar-refractivity contribution in [1.82, 2.24) is 14.7 Å². The molecule has 1 N–H and O–H groups in total. The van der Waals surface area contributed by atoms with Gasteiger partial charge >= 0.3 is 0 Å². The molecule has 202 valence electrons. The van der Waals surface area contributed by atoms with Gasteiger partial charge in [-0.3, -0.25) is 4.79 Å². The Bertz CT molecular complexity index is 1410. The minimum Gasteiger partial charge on any atom is -0.493 e. The van der Waals surface area contributed by atoms with Crippen LogP contribution < -0.4 is 14.2 Å². The van der Waals surface area contributed by atoms with E-state index in [1.54, 1.807) is 25.1 Å². The quantitative estimate of drug-likeness (QED) is 0.383. The second kappa shape index (κ2) is 11.9. The Morgan fingerprint density at radius 2 is 1.84 bits per heavy atom. The number of sulfonamides is 1. The number of hydrogen-bond acceptors (Lipinski definition) is 7. The molecule has 0 atom stereocenters. The Balaban J connectivity index is 1.67. The van der Waals surface area contributed by atoms with Gasteiger partial charge in [0.2, 0.25) is 5.88 Å². The van der Waals surface area contributed by atoms with Gasteiger partial charge in [0.05, 0.1) is 12.3 Å². The summed E-state index contributed by atoms with van der Waals surface area (Å²) in [5.41, 5.74) is 1.27. The first-order valence-corrected chi connectivity index (χ1v) is 14.2. The van der Waals surface area contributed by atoms with Crippen LogP contribution in [0.3, 0.4) is 0 Å². The average molecular weight is 542 g/mol. The van der Waals surface area contributed by atoms with Crippen LogP contribution >= 0.6 is 0 Å². The SMILES string of the molecule is Cc1cccc(S(=O)(=O)NC(=O)c2ccc(-c3cc(F)cc(OCC(C)C)c3)nc2OC2CCCCC2)n1. The molecule has 4 rings (SSSR count). The topological polar surface area (TPSA) is 107 Å². The van der Waals surface area contributed by atoms with E-state index in [1.165, 1.54) is 30.3 Å². The molecule has 3 aromatic rings. The summed E-state index contributed by atoms with van der Waals surface area (Å²) in [6, 6.07) is 11.8. The van der Waals surface area contributed by atoms with Crippen LogP contribution in [0, 0.1) is 18.7 Å². The van der Waals surface area contributed by atoms with Crippen LogP contribution in [0.25, 0.3) is 11.3 Å². The molecule has 0 unspecified atom stereocenters. The molecule has 1 amide bonds. The fourth-order valence-electron chi connectivity index (χ4n) is 4.16. The Labute approximate surface area is 222 Å². The van der Waals surface area contributed by atoms with E-state index in [1.807, 2.05) is 13.8 Å². The summed E-state index contributed by atoms with van der Waals surface area (Å²) in [7, 11) is -4.23. The molecule has 1 aliphatic rings. The molecule has 1 aliphatic carbocycles. The number of aryl methyl sites for hydroxylation is 1. The lowest BCUT2D eigenvalue weighted by Gasteiger charge is -2.23. The first-order chi connectivity index (χ1) is 18.1. The lowest BCUT2D eigenvalue weighted by atomic mass is 9.98. The average Bonchev–Trinajstić information content (AvgIpc) is 2.87. The highest BCUT2D eigenvalue weighted by atomic mass is 32.2. The predicted molar refractivity (Wildman–Crippen MR) is 141 cm³/mol. The van der Waals surface area contributed by atoms with Crippen LogP contribution in [0.15, 0.2) is 53.6 Å². The fraction of sp³-hybridized carbons (Fsp3) is 0.393. The smallest absolute Gasteiger partial charge is 0.281 e. The molecule has 2 heterocycles. The summed E-state index contributed by atoms with van der Waals surface area (Å²) in [6.45, 7) is 6.08. The fourth-order valence-corrected chi connectivity index (χ4v) is 5.14. The van der Waals surface area contributed by atoms with E-state index in [0.29, 0.717) is 29.3 Å². The zero-order valence-electron chi connectivity index (χ0n) is 21.7. The number of amides is 1. The molecular formula is C28H32FN3O5S. The number of halogens is 1. The van der Waals surface area contributed by atoms with Gasteiger partial charge in [-0.1, -0.05) is 26.3 Å². The monoisotopic (exact) mass is 541 g/mol. The highest BCUT2D eigenvalue weighted by molar-refractivity contribution is 7.90. The van der Waals surface area contributed by atoms with E-state index < -0.39 is 21.7 Å². The molecule has 0 saturated heterocycles. The maximum Gasteiger partial charge on any atom is 0.281 e. The highest BCUT2D eigenvalue weighted by Gasteiger charge is 2.26. The molecule has 0 bridgehead atoms. The van der Waals surface area contributed by atoms with Crippen LogP contribution in [0.5, 0.6) is 11.6 Å². The lowest BCUT2D eigenvalue weighted by Crippen LogP contribution is -2.32. The number of rotatable bonds is 9. The van der Waals surface area contributed by atoms with E-state index in [2.05, 4.69) is 14.7 Å². The summed E-state index contributed by atoms with van der Waals surface area (Å²) in [4.78, 5) is 21.7. The number of pyridine rings is 2. The molecule has 8 nitrogen and oxygen atoms in total. The second-order valence-corrected chi connectivity index (χ2v) is 11.5. The zero-order valence-corrected chi connectivity index (χ0v) is 22.6. The number of nitrogens with zero attached hydrogens (tertiary/aromatic N) is 2. The van der Waals surface area contributed by atoms with Crippen molar-refractivity contribution in [2.45, 2.75) is 64.0 Å². The molecule has 0 radical (unpaired) electrons. The molecule has 0 aliphatic heterocycles. The van der Waals surface area contributed by atoms with Crippen LogP contribution in [-0.4, -0.2) is 37.0 Å². The summed E-state index contributed by atoms with van der Waals surface area (Å²) in [5.74, 6) is -0.758. The van der Waals surface area contributed by atoms with E-state index >= 15 is 0 Å². The molecule has 10 heteroatoms. The zero-order chi connectivity index (χ0) is 27.3. The molecule has 1 aromatic carbocycles. The first-order valence-electron chi connectivity index (χ1n) is 12.7. The summed E-state index contributed by atoms with van der Waals surface area (Å²) < 4.78 is 54.0. The van der Waals surface area contributed by atoms with Crippen molar-refractivity contribution in [2.75, 3.05) is 6.61 Å². The lowest BCUT2D eigenvalue weighted by molar-refractivity contribution is 0.0966. The summed E-state index contributed by atoms with van der Waals surface area (Å²) in [5, 5.41) is -0.265. The third-order valence-electron chi connectivity index (χ3n) is 6.05. The van der Waals surface area contributed by atoms with Crippen LogP contribution in [-0.2, 0) is 10.0 Å². The number of carbonyl (C=O) groups is 1. The van der Waals surface area contributed by atoms with E-state index in [9.17, 15) is 17.6 Å². The summed E-state index contributed by atoms with van der Waals surface area (Å²) >= 11 is 0. The maximum absolute atomic E-state index is 14.4. The van der Waals surface area contributed by atoms with Crippen molar-refractivity contribution in [3.63, 3.8) is 0 Å². The van der Waals surface area contributed by atoms with Gasteiger partial charge in [0.1, 0.15) is 23.2 Å². The van der Waals surface area contributed by atoms with Gasteiger partial charge in [-0.2, -0.15) is 8.42 Å². The van der Waals surface area contributed by atoms with Crippen molar-refractivity contribution in [1.29, 1.82) is 0 Å². The second-order valence-electron chi connectivity index (χ2n) is 9.86. The van der Waals surface area contributed by atoms with Crippen molar-refractivity contribution < 1.29 is 27.1 Å². The Morgan fingerprint density at radius 3 is 2.55 bits per heavy atom. The van der Waals surface area contributed by atoms with Crippen molar-refractivity contribution in [2.24, 2.45) is 5.92 Å². The highest BCUT2D eigenvalue weighted by Crippen LogP contribution is 2.30. The van der Waals surface area contributed by atoms with E-state index in [4.69, 9.17) is 9.47 Å². The van der Waals surface area contributed by atoms with Gasteiger partial charge in [-0.05, 0) is 74.9 Å². The van der Waals surface area contributed by atoms with Crippen molar-refractivity contribution in [3.8, 4) is 22.9 Å². The minimum atomic E-state index is -4.23. The van der Waals surface area contributed by atoms with Gasteiger partial charge in [0.25, 0.3) is 15.9 Å². The number of hydrogen-bond donors (Lipinski definition) is 1. The standard InChI is InChI=1S/C28H32FN3O5S/c1-18(2)17-36-23-15-20(14-21(29)16-23)25-13-12-24(28(31-25)37-22-9-5-4-6-10-22)27(33)32-38(34,35)26-11-7-8-19(3)30-26/h7-8,11-16,18,22H,4-6,9-10,17H2,1-3H3,(H,32,33). The van der Waals surface area contributed by atoms with Crippen molar-refractivity contribution >= 4 is 15.9 Å². The molecule has 38 heavy (non-hydrogen) atoms. The Kier molecular flexibility index (Phi) is 8.61. The largest absolute Gasteiger partial charge is 0.493 e.